The maximum Gasteiger partial charge on any atom is 0.308 e. The van der Waals surface area contributed by atoms with Crippen molar-refractivity contribution in [1.29, 1.82) is 0 Å². The van der Waals surface area contributed by atoms with Crippen LogP contribution in [0.5, 0.6) is 5.75 Å². The van der Waals surface area contributed by atoms with Crippen molar-refractivity contribution in [3.8, 4) is 5.75 Å². The second-order valence-corrected chi connectivity index (χ2v) is 8.89. The molecule has 1 aromatic heterocycles. The Labute approximate surface area is 171 Å². The molecule has 10 heteroatoms. The van der Waals surface area contributed by atoms with E-state index in [4.69, 9.17) is 9.92 Å². The second kappa shape index (κ2) is 9.08. The van der Waals surface area contributed by atoms with Crippen LogP contribution in [0, 0.1) is 12.8 Å². The van der Waals surface area contributed by atoms with Gasteiger partial charge in [-0.3, -0.25) is 4.79 Å². The zero-order chi connectivity index (χ0) is 21.8. The lowest BCUT2D eigenvalue weighted by molar-refractivity contribution is 0.100. The van der Waals surface area contributed by atoms with Crippen LogP contribution in [0.15, 0.2) is 24.4 Å². The van der Waals surface area contributed by atoms with Crippen LogP contribution in [0.3, 0.4) is 0 Å². The molecule has 0 radical (unpaired) electrons. The van der Waals surface area contributed by atoms with Crippen molar-refractivity contribution in [2.45, 2.75) is 40.7 Å². The van der Waals surface area contributed by atoms with Crippen LogP contribution in [0.4, 0.5) is 17.5 Å². The molecule has 0 unspecified atom stereocenters. The first-order chi connectivity index (χ1) is 13.5. The van der Waals surface area contributed by atoms with Crippen LogP contribution in [-0.2, 0) is 10.1 Å². The number of anilines is 3. The van der Waals surface area contributed by atoms with Crippen LogP contribution in [0.25, 0.3) is 0 Å². The summed E-state index contributed by atoms with van der Waals surface area (Å²) in [7, 11) is -3.60. The summed E-state index contributed by atoms with van der Waals surface area (Å²) in [6, 6.07) is 5.00. The molecule has 29 heavy (non-hydrogen) atoms. The number of carbonyl (C=O) groups excluding carboxylic acids is 1. The third-order valence-corrected chi connectivity index (χ3v) is 5.56. The number of aromatic nitrogens is 2. The number of aryl methyl sites for hydroxylation is 1. The summed E-state index contributed by atoms with van der Waals surface area (Å²) in [6.45, 7) is 9.33. The number of rotatable bonds is 9. The zero-order valence-corrected chi connectivity index (χ0v) is 18.0. The fraction of sp³-hybridized carbons (Fsp3) is 0.421. The van der Waals surface area contributed by atoms with Crippen molar-refractivity contribution >= 4 is 33.5 Å². The molecule has 0 fully saturated rings. The molecule has 0 aliphatic carbocycles. The summed E-state index contributed by atoms with van der Waals surface area (Å²) in [6.07, 6.45) is 1.37. The Morgan fingerprint density at radius 2 is 1.97 bits per heavy atom. The molecule has 0 spiro atoms. The van der Waals surface area contributed by atoms with E-state index in [1.54, 1.807) is 25.1 Å². The maximum atomic E-state index is 11.7. The van der Waals surface area contributed by atoms with Gasteiger partial charge in [0, 0.05) is 17.9 Å². The summed E-state index contributed by atoms with van der Waals surface area (Å²) < 4.78 is 28.4. The molecule has 1 aromatic carbocycles. The molecule has 0 bridgehead atoms. The minimum atomic E-state index is -3.60. The van der Waals surface area contributed by atoms with Crippen molar-refractivity contribution in [2.24, 2.45) is 11.7 Å². The van der Waals surface area contributed by atoms with E-state index in [1.807, 2.05) is 20.8 Å². The number of nitrogens with zero attached hydrogens (tertiary/aromatic N) is 2. The number of hydrogen-bond donors (Lipinski definition) is 3. The quantitative estimate of drug-likeness (QED) is 0.526. The molecule has 4 N–H and O–H groups in total. The smallest absolute Gasteiger partial charge is 0.308 e. The molecule has 2 rings (SSSR count). The molecule has 0 aliphatic heterocycles. The summed E-state index contributed by atoms with van der Waals surface area (Å²) in [4.78, 5) is 20.2. The lowest BCUT2D eigenvalue weighted by atomic mass is 10.1. The maximum absolute atomic E-state index is 11.7. The van der Waals surface area contributed by atoms with E-state index < -0.39 is 16.0 Å². The highest BCUT2D eigenvalue weighted by Gasteiger charge is 2.16. The molecule has 9 nitrogen and oxygen atoms in total. The second-order valence-electron chi connectivity index (χ2n) is 7.03. The Morgan fingerprint density at radius 3 is 2.52 bits per heavy atom. The van der Waals surface area contributed by atoms with Crippen molar-refractivity contribution in [1.82, 2.24) is 9.97 Å². The first-order valence-corrected chi connectivity index (χ1v) is 10.8. The van der Waals surface area contributed by atoms with E-state index in [-0.39, 0.29) is 29.1 Å². The van der Waals surface area contributed by atoms with Gasteiger partial charge < -0.3 is 20.6 Å². The fourth-order valence-electron chi connectivity index (χ4n) is 2.26. The Kier molecular flexibility index (Phi) is 7.02. The van der Waals surface area contributed by atoms with Crippen molar-refractivity contribution < 1.29 is 17.4 Å². The van der Waals surface area contributed by atoms with E-state index >= 15 is 0 Å². The standard InChI is InChI=1S/C19H27N5O4S/c1-6-29(26,27)28-16-8-7-14(9-12(16)4)23-19-21-10-15(17(20)25)18(24-19)22-13(5)11(2)3/h7-11,13H,6H2,1-5H3,(H2,20,25)(H2,21,22,23,24)/t13-/m1/s1. The molecule has 0 saturated carbocycles. The summed E-state index contributed by atoms with van der Waals surface area (Å²) in [5, 5.41) is 6.23. The molecular formula is C19H27N5O4S. The molecule has 1 amide bonds. The van der Waals surface area contributed by atoms with Gasteiger partial charge in [-0.15, -0.1) is 0 Å². The largest absolute Gasteiger partial charge is 0.382 e. The van der Waals surface area contributed by atoms with E-state index in [0.29, 0.717) is 23.0 Å². The normalized spacial score (nSPS) is 12.5. The molecule has 158 valence electrons. The number of primary amides is 1. The van der Waals surface area contributed by atoms with Gasteiger partial charge in [-0.1, -0.05) is 13.8 Å². The molecule has 1 atom stereocenters. The van der Waals surface area contributed by atoms with Crippen molar-refractivity contribution in [2.75, 3.05) is 16.4 Å². The highest BCUT2D eigenvalue weighted by Crippen LogP contribution is 2.25. The van der Waals surface area contributed by atoms with Crippen LogP contribution in [-0.4, -0.2) is 36.1 Å². The number of benzene rings is 1. The van der Waals surface area contributed by atoms with Gasteiger partial charge in [0.05, 0.1) is 11.3 Å². The average molecular weight is 422 g/mol. The highest BCUT2D eigenvalue weighted by molar-refractivity contribution is 7.87. The monoisotopic (exact) mass is 421 g/mol. The van der Waals surface area contributed by atoms with Gasteiger partial charge in [-0.05, 0) is 50.5 Å². The Morgan fingerprint density at radius 1 is 1.28 bits per heavy atom. The van der Waals surface area contributed by atoms with Gasteiger partial charge in [0.25, 0.3) is 5.91 Å². The van der Waals surface area contributed by atoms with Crippen LogP contribution >= 0.6 is 0 Å². The molecule has 1 heterocycles. The van der Waals surface area contributed by atoms with Gasteiger partial charge in [-0.25, -0.2) is 4.98 Å². The van der Waals surface area contributed by atoms with E-state index in [2.05, 4.69) is 20.6 Å². The van der Waals surface area contributed by atoms with Crippen LogP contribution in [0.1, 0.15) is 43.6 Å². The first-order valence-electron chi connectivity index (χ1n) is 9.25. The van der Waals surface area contributed by atoms with E-state index in [0.717, 1.165) is 0 Å². The average Bonchev–Trinajstić information content (AvgIpc) is 2.63. The van der Waals surface area contributed by atoms with Crippen molar-refractivity contribution in [3.63, 3.8) is 0 Å². The number of nitrogens with two attached hydrogens (primary N) is 1. The summed E-state index contributed by atoms with van der Waals surface area (Å²) in [5.74, 6) is 0.457. The molecular weight excluding hydrogens is 394 g/mol. The first kappa shape index (κ1) is 22.4. The van der Waals surface area contributed by atoms with Gasteiger partial charge in [-0.2, -0.15) is 13.4 Å². The Balaban J connectivity index is 2.27. The lowest BCUT2D eigenvalue weighted by Gasteiger charge is -2.20. The third-order valence-electron chi connectivity index (χ3n) is 4.42. The van der Waals surface area contributed by atoms with Crippen LogP contribution in [0.2, 0.25) is 0 Å². The van der Waals surface area contributed by atoms with Gasteiger partial charge in [0.15, 0.2) is 0 Å². The van der Waals surface area contributed by atoms with Gasteiger partial charge >= 0.3 is 10.1 Å². The van der Waals surface area contributed by atoms with Gasteiger partial charge in [0.1, 0.15) is 11.6 Å². The zero-order valence-electron chi connectivity index (χ0n) is 17.2. The lowest BCUT2D eigenvalue weighted by Crippen LogP contribution is -2.25. The minimum absolute atomic E-state index is 0.0649. The number of nitrogens with one attached hydrogen (secondary N) is 2. The topological polar surface area (TPSA) is 136 Å². The fourth-order valence-corrected chi connectivity index (χ4v) is 2.84. The Bertz CT molecular complexity index is 992. The predicted molar refractivity (Wildman–Crippen MR) is 113 cm³/mol. The molecule has 0 saturated heterocycles. The van der Waals surface area contributed by atoms with Crippen molar-refractivity contribution in [3.05, 3.63) is 35.5 Å². The molecule has 2 aromatic rings. The number of carbonyl (C=O) groups is 1. The SMILES string of the molecule is CCS(=O)(=O)Oc1ccc(Nc2ncc(C(N)=O)c(N[C@H](C)C(C)C)n2)cc1C. The minimum Gasteiger partial charge on any atom is -0.382 e. The van der Waals surface area contributed by atoms with Gasteiger partial charge in [0.2, 0.25) is 5.95 Å². The highest BCUT2D eigenvalue weighted by atomic mass is 32.2. The number of amides is 1. The summed E-state index contributed by atoms with van der Waals surface area (Å²) >= 11 is 0. The van der Waals surface area contributed by atoms with E-state index in [9.17, 15) is 13.2 Å². The predicted octanol–water partition coefficient (Wildman–Crippen LogP) is 2.81. The third kappa shape index (κ3) is 6.05. The number of hydrogen-bond acceptors (Lipinski definition) is 8. The van der Waals surface area contributed by atoms with E-state index in [1.165, 1.54) is 13.1 Å². The Hall–Kier alpha value is -2.88. The molecule has 0 aliphatic rings. The van der Waals surface area contributed by atoms with Crippen LogP contribution < -0.4 is 20.6 Å². The summed E-state index contributed by atoms with van der Waals surface area (Å²) in [5.41, 5.74) is 6.90.